The first-order chi connectivity index (χ1) is 8.27. The molecule has 1 aromatic heterocycles. The molecule has 2 unspecified atom stereocenters. The Balaban J connectivity index is 1.73. The van der Waals surface area contributed by atoms with Crippen molar-refractivity contribution in [1.82, 2.24) is 15.6 Å². The van der Waals surface area contributed by atoms with Crippen LogP contribution in [0.15, 0.2) is 11.6 Å². The van der Waals surface area contributed by atoms with Gasteiger partial charge in [0.25, 0.3) is 0 Å². The Labute approximate surface area is 106 Å². The summed E-state index contributed by atoms with van der Waals surface area (Å²) in [4.78, 5) is 16.1. The highest BCUT2D eigenvalue weighted by Crippen LogP contribution is 2.15. The third-order valence-electron chi connectivity index (χ3n) is 3.17. The third kappa shape index (κ3) is 3.51. The third-order valence-corrected chi connectivity index (χ3v) is 4.01. The summed E-state index contributed by atoms with van der Waals surface area (Å²) < 4.78 is 0. The predicted octanol–water partition coefficient (Wildman–Crippen LogP) is 1.19. The van der Waals surface area contributed by atoms with E-state index in [1.807, 2.05) is 5.38 Å². The molecular formula is C12H19N3OS. The second kappa shape index (κ2) is 6.12. The molecule has 1 fully saturated rings. The Morgan fingerprint density at radius 1 is 1.71 bits per heavy atom. The van der Waals surface area contributed by atoms with Crippen LogP contribution in [0.1, 0.15) is 24.8 Å². The van der Waals surface area contributed by atoms with Crippen molar-refractivity contribution in [2.45, 2.75) is 32.2 Å². The first-order valence-electron chi connectivity index (χ1n) is 6.17. The van der Waals surface area contributed by atoms with Crippen LogP contribution in [-0.4, -0.2) is 30.0 Å². The molecule has 5 heteroatoms. The second-order valence-corrected chi connectivity index (χ2v) is 5.50. The van der Waals surface area contributed by atoms with Gasteiger partial charge in [0.15, 0.2) is 0 Å². The lowest BCUT2D eigenvalue weighted by Crippen LogP contribution is -2.51. The van der Waals surface area contributed by atoms with Crippen LogP contribution in [0.3, 0.4) is 0 Å². The fraction of sp³-hybridized carbons (Fsp3) is 0.667. The van der Waals surface area contributed by atoms with Gasteiger partial charge in [-0.1, -0.05) is 6.92 Å². The fourth-order valence-electron chi connectivity index (χ4n) is 2.18. The predicted molar refractivity (Wildman–Crippen MR) is 69.0 cm³/mol. The van der Waals surface area contributed by atoms with E-state index >= 15 is 0 Å². The number of hydrogen-bond donors (Lipinski definition) is 2. The average Bonchev–Trinajstić information content (AvgIpc) is 2.82. The molecule has 0 bridgehead atoms. The minimum atomic E-state index is -0.0138. The summed E-state index contributed by atoms with van der Waals surface area (Å²) in [6, 6.07) is -0.0138. The van der Waals surface area contributed by atoms with Gasteiger partial charge < -0.3 is 10.6 Å². The van der Waals surface area contributed by atoms with Gasteiger partial charge in [-0.05, 0) is 25.3 Å². The molecule has 1 saturated heterocycles. The molecule has 2 N–H and O–H groups in total. The molecule has 4 nitrogen and oxygen atoms in total. The average molecular weight is 253 g/mol. The zero-order valence-electron chi connectivity index (χ0n) is 10.1. The summed E-state index contributed by atoms with van der Waals surface area (Å²) in [6.07, 6.45) is 4.93. The highest BCUT2D eigenvalue weighted by molar-refractivity contribution is 7.09. The van der Waals surface area contributed by atoms with Crippen molar-refractivity contribution in [2.24, 2.45) is 5.92 Å². The van der Waals surface area contributed by atoms with Gasteiger partial charge in [0, 0.05) is 24.5 Å². The van der Waals surface area contributed by atoms with Crippen LogP contribution in [-0.2, 0) is 11.2 Å². The molecule has 0 radical (unpaired) electrons. The van der Waals surface area contributed by atoms with Gasteiger partial charge in [-0.15, -0.1) is 11.3 Å². The number of nitrogens with one attached hydrogen (secondary N) is 2. The van der Waals surface area contributed by atoms with Gasteiger partial charge in [0.05, 0.1) is 11.0 Å². The minimum Gasteiger partial charge on any atom is -0.354 e. The van der Waals surface area contributed by atoms with Crippen LogP contribution in [0, 0.1) is 5.92 Å². The summed E-state index contributed by atoms with van der Waals surface area (Å²) in [5.74, 6) is 0.567. The Hall–Kier alpha value is -0.940. The Morgan fingerprint density at radius 3 is 3.29 bits per heavy atom. The highest BCUT2D eigenvalue weighted by atomic mass is 32.1. The van der Waals surface area contributed by atoms with Crippen molar-refractivity contribution in [1.29, 1.82) is 0 Å². The van der Waals surface area contributed by atoms with E-state index < -0.39 is 0 Å². The molecular weight excluding hydrogens is 234 g/mol. The molecule has 1 aromatic rings. The van der Waals surface area contributed by atoms with Gasteiger partial charge in [0.2, 0.25) is 5.91 Å². The summed E-state index contributed by atoms with van der Waals surface area (Å²) in [6.45, 7) is 3.77. The lowest BCUT2D eigenvalue weighted by atomic mass is 9.92. The molecule has 17 heavy (non-hydrogen) atoms. The SMILES string of the molecule is CC1CCCNC1C(=O)NCCc1nccs1. The number of rotatable bonds is 4. The normalized spacial score (nSPS) is 24.5. The van der Waals surface area contributed by atoms with Crippen molar-refractivity contribution < 1.29 is 4.79 Å². The van der Waals surface area contributed by atoms with E-state index in [2.05, 4.69) is 22.5 Å². The molecule has 0 saturated carbocycles. The van der Waals surface area contributed by atoms with Crippen molar-refractivity contribution in [3.05, 3.63) is 16.6 Å². The summed E-state index contributed by atoms with van der Waals surface area (Å²) in [7, 11) is 0. The number of aromatic nitrogens is 1. The first-order valence-corrected chi connectivity index (χ1v) is 7.05. The minimum absolute atomic E-state index is 0.0138. The van der Waals surface area contributed by atoms with Gasteiger partial charge >= 0.3 is 0 Å². The zero-order chi connectivity index (χ0) is 12.1. The smallest absolute Gasteiger partial charge is 0.237 e. The van der Waals surface area contributed by atoms with Crippen LogP contribution in [0.2, 0.25) is 0 Å². The molecule has 0 spiro atoms. The monoisotopic (exact) mass is 253 g/mol. The topological polar surface area (TPSA) is 54.0 Å². The van der Waals surface area contributed by atoms with Gasteiger partial charge in [-0.2, -0.15) is 0 Å². The van der Waals surface area contributed by atoms with Crippen molar-refractivity contribution in [3.63, 3.8) is 0 Å². The van der Waals surface area contributed by atoms with E-state index in [4.69, 9.17) is 0 Å². The van der Waals surface area contributed by atoms with Crippen molar-refractivity contribution in [3.8, 4) is 0 Å². The number of carbonyl (C=O) groups is 1. The van der Waals surface area contributed by atoms with E-state index in [0.717, 1.165) is 24.4 Å². The lowest BCUT2D eigenvalue weighted by molar-refractivity contribution is -0.124. The van der Waals surface area contributed by atoms with Gasteiger partial charge in [-0.3, -0.25) is 4.79 Å². The quantitative estimate of drug-likeness (QED) is 0.847. The summed E-state index contributed by atoms with van der Waals surface area (Å²) in [5.41, 5.74) is 0. The van der Waals surface area contributed by atoms with E-state index in [1.54, 1.807) is 17.5 Å². The maximum Gasteiger partial charge on any atom is 0.237 e. The van der Waals surface area contributed by atoms with Crippen LogP contribution >= 0.6 is 11.3 Å². The Bertz CT molecular complexity index is 353. The fourth-order valence-corrected chi connectivity index (χ4v) is 2.80. The zero-order valence-corrected chi connectivity index (χ0v) is 10.9. The van der Waals surface area contributed by atoms with Crippen LogP contribution < -0.4 is 10.6 Å². The molecule has 2 heterocycles. The molecule has 94 valence electrons. The first kappa shape index (κ1) is 12.5. The summed E-state index contributed by atoms with van der Waals surface area (Å²) >= 11 is 1.63. The van der Waals surface area contributed by atoms with Gasteiger partial charge in [-0.25, -0.2) is 4.98 Å². The Morgan fingerprint density at radius 2 is 2.59 bits per heavy atom. The van der Waals surface area contributed by atoms with Crippen LogP contribution in [0.25, 0.3) is 0 Å². The van der Waals surface area contributed by atoms with Crippen molar-refractivity contribution in [2.75, 3.05) is 13.1 Å². The van der Waals surface area contributed by atoms with E-state index in [9.17, 15) is 4.79 Å². The van der Waals surface area contributed by atoms with E-state index in [-0.39, 0.29) is 11.9 Å². The molecule has 1 aliphatic heterocycles. The second-order valence-electron chi connectivity index (χ2n) is 4.52. The van der Waals surface area contributed by atoms with Crippen LogP contribution in [0.4, 0.5) is 0 Å². The highest BCUT2D eigenvalue weighted by Gasteiger charge is 2.26. The maximum atomic E-state index is 11.9. The Kier molecular flexibility index (Phi) is 4.50. The number of thiazole rings is 1. The molecule has 0 aliphatic carbocycles. The standard InChI is InChI=1S/C12H19N3OS/c1-9-3-2-5-14-11(9)12(16)15-6-4-10-13-7-8-17-10/h7-9,11,14H,2-6H2,1H3,(H,15,16). The number of carbonyl (C=O) groups excluding carboxylic acids is 1. The number of piperidine rings is 1. The van der Waals surface area contributed by atoms with E-state index in [0.29, 0.717) is 12.5 Å². The largest absolute Gasteiger partial charge is 0.354 e. The summed E-state index contributed by atoms with van der Waals surface area (Å²) in [5, 5.41) is 9.31. The van der Waals surface area contributed by atoms with Gasteiger partial charge in [0.1, 0.15) is 0 Å². The molecule has 1 amide bonds. The van der Waals surface area contributed by atoms with Crippen molar-refractivity contribution >= 4 is 17.2 Å². The number of amides is 1. The number of nitrogens with zero attached hydrogens (tertiary/aromatic N) is 1. The molecule has 0 aromatic carbocycles. The molecule has 2 rings (SSSR count). The van der Waals surface area contributed by atoms with Crippen LogP contribution in [0.5, 0.6) is 0 Å². The van der Waals surface area contributed by atoms with E-state index in [1.165, 1.54) is 6.42 Å². The number of hydrogen-bond acceptors (Lipinski definition) is 4. The maximum absolute atomic E-state index is 11.9. The molecule has 2 atom stereocenters. The molecule has 1 aliphatic rings. The lowest BCUT2D eigenvalue weighted by Gasteiger charge is -2.28.